The van der Waals surface area contributed by atoms with Crippen LogP contribution in [0, 0.1) is 0 Å². The van der Waals surface area contributed by atoms with Crippen molar-refractivity contribution >= 4 is 11.8 Å². The van der Waals surface area contributed by atoms with Gasteiger partial charge in [0.2, 0.25) is 0 Å². The van der Waals surface area contributed by atoms with Gasteiger partial charge in [0.1, 0.15) is 18.2 Å². The fourth-order valence-electron chi connectivity index (χ4n) is 2.09. The lowest BCUT2D eigenvalue weighted by Crippen LogP contribution is -2.26. The third-order valence-corrected chi connectivity index (χ3v) is 3.36. The van der Waals surface area contributed by atoms with Gasteiger partial charge in [0, 0.05) is 24.8 Å². The van der Waals surface area contributed by atoms with Crippen LogP contribution in [0.15, 0.2) is 42.6 Å². The number of hydrogen-bond acceptors (Lipinski definition) is 6. The van der Waals surface area contributed by atoms with E-state index >= 15 is 0 Å². The highest BCUT2D eigenvalue weighted by molar-refractivity contribution is 5.70. The average Bonchev–Trinajstić information content (AvgIpc) is 2.56. The van der Waals surface area contributed by atoms with E-state index in [1.54, 1.807) is 42.6 Å². The summed E-state index contributed by atoms with van der Waals surface area (Å²) in [7, 11) is 0. The van der Waals surface area contributed by atoms with Gasteiger partial charge in [0.15, 0.2) is 0 Å². The zero-order valence-corrected chi connectivity index (χ0v) is 13.2. The number of aromatic nitrogens is 1. The number of rotatable bonds is 9. The van der Waals surface area contributed by atoms with Gasteiger partial charge in [-0.3, -0.25) is 4.79 Å². The Morgan fingerprint density at radius 1 is 1.25 bits per heavy atom. The number of nitrogen functional groups attached to an aromatic ring is 1. The van der Waals surface area contributed by atoms with Crippen molar-refractivity contribution in [2.24, 2.45) is 0 Å². The van der Waals surface area contributed by atoms with Crippen molar-refractivity contribution in [2.45, 2.75) is 12.5 Å². The number of nitrogens with zero attached hydrogens (tertiary/aromatic N) is 1. The third kappa shape index (κ3) is 5.86. The standard InChI is InChI=1S/C17H21N3O4/c18-16-6-3-13(10-20-16)15(21)11-19-7-8-24-14-4-1-12(2-5-14)9-17(22)23/h1-6,10,15,19,21H,7-9,11H2,(H2,18,20)(H,22,23)/t15-/m1/s1. The highest BCUT2D eigenvalue weighted by atomic mass is 16.5. The number of nitrogens with one attached hydrogen (secondary N) is 1. The molecule has 0 amide bonds. The van der Waals surface area contributed by atoms with E-state index in [0.717, 1.165) is 5.56 Å². The van der Waals surface area contributed by atoms with Crippen molar-refractivity contribution in [3.63, 3.8) is 0 Å². The second-order valence-corrected chi connectivity index (χ2v) is 5.30. The molecule has 1 heterocycles. The lowest BCUT2D eigenvalue weighted by atomic mass is 10.1. The van der Waals surface area contributed by atoms with Crippen molar-refractivity contribution in [1.82, 2.24) is 10.3 Å². The number of ether oxygens (including phenoxy) is 1. The fraction of sp³-hybridized carbons (Fsp3) is 0.294. The normalized spacial score (nSPS) is 11.9. The van der Waals surface area contributed by atoms with Crippen LogP contribution < -0.4 is 15.8 Å². The van der Waals surface area contributed by atoms with E-state index in [1.165, 1.54) is 0 Å². The molecule has 1 aromatic heterocycles. The second-order valence-electron chi connectivity index (χ2n) is 5.30. The molecular formula is C17H21N3O4. The van der Waals surface area contributed by atoms with Crippen LogP contribution in [0.2, 0.25) is 0 Å². The summed E-state index contributed by atoms with van der Waals surface area (Å²) < 4.78 is 5.55. The molecule has 0 spiro atoms. The topological polar surface area (TPSA) is 118 Å². The van der Waals surface area contributed by atoms with Gasteiger partial charge in [-0.1, -0.05) is 18.2 Å². The van der Waals surface area contributed by atoms with Crippen molar-refractivity contribution in [2.75, 3.05) is 25.4 Å². The Hall–Kier alpha value is -2.64. The lowest BCUT2D eigenvalue weighted by molar-refractivity contribution is -0.136. The zero-order valence-electron chi connectivity index (χ0n) is 13.2. The molecule has 0 saturated heterocycles. The SMILES string of the molecule is Nc1ccc([C@H](O)CNCCOc2ccc(CC(=O)O)cc2)cn1. The fourth-order valence-corrected chi connectivity index (χ4v) is 2.09. The van der Waals surface area contributed by atoms with Gasteiger partial charge in [-0.2, -0.15) is 0 Å². The van der Waals surface area contributed by atoms with Gasteiger partial charge in [-0.05, 0) is 23.8 Å². The van der Waals surface area contributed by atoms with E-state index in [4.69, 9.17) is 15.6 Å². The Morgan fingerprint density at radius 3 is 2.62 bits per heavy atom. The molecule has 0 bridgehead atoms. The minimum atomic E-state index is -0.859. The quantitative estimate of drug-likeness (QED) is 0.506. The molecule has 5 N–H and O–H groups in total. The molecule has 1 atom stereocenters. The number of nitrogens with two attached hydrogens (primary N) is 1. The molecular weight excluding hydrogens is 310 g/mol. The van der Waals surface area contributed by atoms with Crippen LogP contribution in [-0.4, -0.2) is 40.9 Å². The number of aliphatic carboxylic acids is 1. The Balaban J connectivity index is 1.65. The molecule has 2 rings (SSSR count). The van der Waals surface area contributed by atoms with E-state index in [0.29, 0.717) is 36.8 Å². The van der Waals surface area contributed by atoms with Crippen LogP contribution in [-0.2, 0) is 11.2 Å². The van der Waals surface area contributed by atoms with Gasteiger partial charge in [0.05, 0.1) is 12.5 Å². The van der Waals surface area contributed by atoms with Gasteiger partial charge >= 0.3 is 5.97 Å². The molecule has 0 aliphatic carbocycles. The summed E-state index contributed by atoms with van der Waals surface area (Å²) in [6, 6.07) is 10.3. The maximum Gasteiger partial charge on any atom is 0.307 e. The Morgan fingerprint density at radius 2 is 2.00 bits per heavy atom. The molecule has 0 fully saturated rings. The molecule has 0 unspecified atom stereocenters. The summed E-state index contributed by atoms with van der Waals surface area (Å²) in [6.07, 6.45) is 0.893. The molecule has 0 aliphatic heterocycles. The first-order chi connectivity index (χ1) is 11.5. The number of carboxylic acid groups (broad SMARTS) is 1. The van der Waals surface area contributed by atoms with Crippen LogP contribution >= 0.6 is 0 Å². The van der Waals surface area contributed by atoms with Gasteiger partial charge in [-0.25, -0.2) is 4.98 Å². The third-order valence-electron chi connectivity index (χ3n) is 3.36. The number of benzene rings is 1. The predicted molar refractivity (Wildman–Crippen MR) is 89.8 cm³/mol. The molecule has 2 aromatic rings. The summed E-state index contributed by atoms with van der Waals surface area (Å²) in [5.41, 5.74) is 6.93. The molecule has 128 valence electrons. The molecule has 7 nitrogen and oxygen atoms in total. The van der Waals surface area contributed by atoms with E-state index < -0.39 is 12.1 Å². The molecule has 7 heteroatoms. The number of pyridine rings is 1. The average molecular weight is 331 g/mol. The number of aliphatic hydroxyl groups excluding tert-OH is 1. The first kappa shape index (κ1) is 17.7. The Bertz CT molecular complexity index is 644. The number of carbonyl (C=O) groups is 1. The predicted octanol–water partition coefficient (Wildman–Crippen LogP) is 0.993. The van der Waals surface area contributed by atoms with Crippen LogP contribution in [0.25, 0.3) is 0 Å². The van der Waals surface area contributed by atoms with E-state index in [-0.39, 0.29) is 6.42 Å². The molecule has 24 heavy (non-hydrogen) atoms. The summed E-state index contributed by atoms with van der Waals surface area (Å²) in [5.74, 6) is 0.235. The maximum absolute atomic E-state index is 10.6. The Labute approximate surface area is 140 Å². The number of carboxylic acids is 1. The van der Waals surface area contributed by atoms with Crippen molar-refractivity contribution in [3.8, 4) is 5.75 Å². The van der Waals surface area contributed by atoms with Crippen LogP contribution in [0.5, 0.6) is 5.75 Å². The summed E-state index contributed by atoms with van der Waals surface area (Å²) in [6.45, 7) is 1.38. The van der Waals surface area contributed by atoms with Crippen LogP contribution in [0.4, 0.5) is 5.82 Å². The van der Waals surface area contributed by atoms with Gasteiger partial charge < -0.3 is 26.0 Å². The minimum Gasteiger partial charge on any atom is -0.492 e. The van der Waals surface area contributed by atoms with E-state index in [1.807, 2.05) is 0 Å². The zero-order chi connectivity index (χ0) is 17.4. The first-order valence-corrected chi connectivity index (χ1v) is 7.58. The number of aliphatic hydroxyl groups is 1. The number of hydrogen-bond donors (Lipinski definition) is 4. The molecule has 0 saturated carbocycles. The molecule has 1 aromatic carbocycles. The Kier molecular flexibility index (Phi) is 6.53. The largest absolute Gasteiger partial charge is 0.492 e. The first-order valence-electron chi connectivity index (χ1n) is 7.58. The highest BCUT2D eigenvalue weighted by Gasteiger charge is 2.07. The lowest BCUT2D eigenvalue weighted by Gasteiger charge is -2.12. The van der Waals surface area contributed by atoms with E-state index in [2.05, 4.69) is 10.3 Å². The van der Waals surface area contributed by atoms with Crippen LogP contribution in [0.3, 0.4) is 0 Å². The maximum atomic E-state index is 10.6. The number of anilines is 1. The van der Waals surface area contributed by atoms with Crippen LogP contribution in [0.1, 0.15) is 17.2 Å². The smallest absolute Gasteiger partial charge is 0.307 e. The molecule has 0 aliphatic rings. The summed E-state index contributed by atoms with van der Waals surface area (Å²) in [4.78, 5) is 14.5. The highest BCUT2D eigenvalue weighted by Crippen LogP contribution is 2.13. The molecule has 0 radical (unpaired) electrons. The second kappa shape index (κ2) is 8.85. The summed E-state index contributed by atoms with van der Waals surface area (Å²) in [5, 5.41) is 21.8. The van der Waals surface area contributed by atoms with E-state index in [9.17, 15) is 9.90 Å². The minimum absolute atomic E-state index is 0.000281. The van der Waals surface area contributed by atoms with Crippen molar-refractivity contribution in [1.29, 1.82) is 0 Å². The van der Waals surface area contributed by atoms with Crippen molar-refractivity contribution in [3.05, 3.63) is 53.7 Å². The van der Waals surface area contributed by atoms with Gasteiger partial charge in [0.25, 0.3) is 0 Å². The van der Waals surface area contributed by atoms with Crippen molar-refractivity contribution < 1.29 is 19.7 Å². The monoisotopic (exact) mass is 331 g/mol. The van der Waals surface area contributed by atoms with Gasteiger partial charge in [-0.15, -0.1) is 0 Å². The summed E-state index contributed by atoms with van der Waals surface area (Å²) >= 11 is 0.